The number of ether oxygens (including phenoxy) is 1. The minimum Gasteiger partial charge on any atom is -0.383 e. The number of nitrogens with one attached hydrogen (secondary N) is 1. The van der Waals surface area contributed by atoms with Crippen molar-refractivity contribution in [2.45, 2.75) is 0 Å². The van der Waals surface area contributed by atoms with Gasteiger partial charge in [-0.15, -0.1) is 0 Å². The van der Waals surface area contributed by atoms with Crippen molar-refractivity contribution < 1.29 is 13.2 Å². The molecule has 5 heteroatoms. The maximum Gasteiger partial charge on any atom is 0.233 e. The lowest BCUT2D eigenvalue weighted by molar-refractivity contribution is 0.204. The molecular formula is C11H15NO3S. The van der Waals surface area contributed by atoms with Crippen molar-refractivity contribution in [1.82, 2.24) is 4.72 Å². The largest absolute Gasteiger partial charge is 0.383 e. The summed E-state index contributed by atoms with van der Waals surface area (Å²) in [5, 5.41) is 1.15. The maximum absolute atomic E-state index is 11.4. The fourth-order valence-electron chi connectivity index (χ4n) is 1.07. The minimum absolute atomic E-state index is 0.276. The van der Waals surface area contributed by atoms with Crippen LogP contribution >= 0.6 is 0 Å². The Morgan fingerprint density at radius 2 is 2.00 bits per heavy atom. The molecule has 0 fully saturated rings. The van der Waals surface area contributed by atoms with E-state index in [1.54, 1.807) is 6.08 Å². The van der Waals surface area contributed by atoms with Crippen molar-refractivity contribution in [3.8, 4) is 0 Å². The van der Waals surface area contributed by atoms with Gasteiger partial charge in [-0.3, -0.25) is 0 Å². The predicted molar refractivity (Wildman–Crippen MR) is 64.3 cm³/mol. The number of benzene rings is 1. The van der Waals surface area contributed by atoms with E-state index in [-0.39, 0.29) is 6.54 Å². The summed E-state index contributed by atoms with van der Waals surface area (Å²) in [6, 6.07) is 9.25. The zero-order chi connectivity index (χ0) is 11.9. The van der Waals surface area contributed by atoms with Crippen LogP contribution in [0.5, 0.6) is 0 Å². The van der Waals surface area contributed by atoms with Crippen LogP contribution in [0.4, 0.5) is 0 Å². The topological polar surface area (TPSA) is 55.4 Å². The van der Waals surface area contributed by atoms with Gasteiger partial charge in [0.25, 0.3) is 0 Å². The van der Waals surface area contributed by atoms with Crippen molar-refractivity contribution in [2.75, 3.05) is 20.3 Å². The summed E-state index contributed by atoms with van der Waals surface area (Å²) >= 11 is 0. The van der Waals surface area contributed by atoms with Gasteiger partial charge < -0.3 is 4.74 Å². The summed E-state index contributed by atoms with van der Waals surface area (Å²) in [4.78, 5) is 0. The molecule has 0 aliphatic carbocycles. The standard InChI is InChI=1S/C11H15NO3S/c1-15-9-8-12-16(13,14)10-7-11-5-3-2-4-6-11/h2-7,10,12H,8-9H2,1H3/b10-7+. The highest BCUT2D eigenvalue weighted by molar-refractivity contribution is 7.92. The lowest BCUT2D eigenvalue weighted by atomic mass is 10.2. The molecule has 0 aromatic heterocycles. The smallest absolute Gasteiger partial charge is 0.233 e. The second-order valence-corrected chi connectivity index (χ2v) is 4.80. The van der Waals surface area contributed by atoms with Crippen LogP contribution in [-0.4, -0.2) is 28.7 Å². The molecule has 0 heterocycles. The van der Waals surface area contributed by atoms with Crippen molar-refractivity contribution in [1.29, 1.82) is 0 Å². The number of sulfonamides is 1. The third-order valence-electron chi connectivity index (χ3n) is 1.85. The van der Waals surface area contributed by atoms with Crippen molar-refractivity contribution in [2.24, 2.45) is 0 Å². The average molecular weight is 241 g/mol. The van der Waals surface area contributed by atoms with Crippen LogP contribution in [0.1, 0.15) is 5.56 Å². The normalized spacial score (nSPS) is 12.1. The van der Waals surface area contributed by atoms with Gasteiger partial charge in [-0.05, 0) is 11.6 Å². The molecule has 0 spiro atoms. The fourth-order valence-corrected chi connectivity index (χ4v) is 1.87. The molecule has 1 rings (SSSR count). The third-order valence-corrected chi connectivity index (χ3v) is 2.95. The summed E-state index contributed by atoms with van der Waals surface area (Å²) in [6.45, 7) is 0.635. The number of rotatable bonds is 6. The molecule has 0 saturated heterocycles. The van der Waals surface area contributed by atoms with E-state index in [9.17, 15) is 8.42 Å². The van der Waals surface area contributed by atoms with Crippen LogP contribution in [-0.2, 0) is 14.8 Å². The highest BCUT2D eigenvalue weighted by Crippen LogP contribution is 2.02. The van der Waals surface area contributed by atoms with Gasteiger partial charge in [-0.25, -0.2) is 13.1 Å². The first-order valence-corrected chi connectivity index (χ1v) is 6.40. The van der Waals surface area contributed by atoms with E-state index >= 15 is 0 Å². The molecule has 16 heavy (non-hydrogen) atoms. The molecule has 0 aliphatic heterocycles. The van der Waals surface area contributed by atoms with E-state index in [0.717, 1.165) is 11.0 Å². The van der Waals surface area contributed by atoms with Gasteiger partial charge in [-0.1, -0.05) is 30.3 Å². The van der Waals surface area contributed by atoms with E-state index in [2.05, 4.69) is 4.72 Å². The Morgan fingerprint density at radius 1 is 1.31 bits per heavy atom. The molecule has 1 N–H and O–H groups in total. The van der Waals surface area contributed by atoms with E-state index in [4.69, 9.17) is 4.74 Å². The van der Waals surface area contributed by atoms with Gasteiger partial charge in [0.1, 0.15) is 0 Å². The molecule has 1 aromatic rings. The zero-order valence-corrected chi connectivity index (χ0v) is 9.91. The van der Waals surface area contributed by atoms with Gasteiger partial charge in [0.15, 0.2) is 0 Å². The Labute approximate surface area is 96.0 Å². The minimum atomic E-state index is -3.36. The Morgan fingerprint density at radius 3 is 2.62 bits per heavy atom. The Bertz CT molecular complexity index is 426. The molecule has 88 valence electrons. The molecule has 0 bridgehead atoms. The summed E-state index contributed by atoms with van der Waals surface area (Å²) < 4.78 is 30.0. The molecule has 1 aromatic carbocycles. The predicted octanol–water partition coefficient (Wildman–Crippen LogP) is 1.22. The summed E-state index contributed by atoms with van der Waals surface area (Å²) in [7, 11) is -1.84. The molecular weight excluding hydrogens is 226 g/mol. The molecule has 0 radical (unpaired) electrons. The van der Waals surface area contributed by atoms with Crippen molar-refractivity contribution in [3.05, 3.63) is 41.3 Å². The van der Waals surface area contributed by atoms with Crippen LogP contribution < -0.4 is 4.72 Å². The second kappa shape index (κ2) is 6.42. The number of methoxy groups -OCH3 is 1. The molecule has 0 amide bonds. The first-order chi connectivity index (χ1) is 7.64. The highest BCUT2D eigenvalue weighted by atomic mass is 32.2. The quantitative estimate of drug-likeness (QED) is 0.762. The fraction of sp³-hybridized carbons (Fsp3) is 0.273. The Balaban J connectivity index is 2.56. The first kappa shape index (κ1) is 12.9. The Kier molecular flexibility index (Phi) is 5.18. The van der Waals surface area contributed by atoms with Crippen LogP contribution in [0.25, 0.3) is 6.08 Å². The van der Waals surface area contributed by atoms with Crippen LogP contribution in [0.2, 0.25) is 0 Å². The van der Waals surface area contributed by atoms with Crippen LogP contribution in [0.3, 0.4) is 0 Å². The summed E-state index contributed by atoms with van der Waals surface area (Å²) in [5.41, 5.74) is 0.847. The van der Waals surface area contributed by atoms with Gasteiger partial charge in [0.2, 0.25) is 10.0 Å². The molecule has 0 aliphatic rings. The lowest BCUT2D eigenvalue weighted by Crippen LogP contribution is -2.24. The van der Waals surface area contributed by atoms with Crippen LogP contribution in [0.15, 0.2) is 35.7 Å². The summed E-state index contributed by atoms with van der Waals surface area (Å²) in [5.74, 6) is 0. The molecule has 4 nitrogen and oxygen atoms in total. The van der Waals surface area contributed by atoms with E-state index in [1.807, 2.05) is 30.3 Å². The molecule has 0 saturated carbocycles. The van der Waals surface area contributed by atoms with Gasteiger partial charge in [0.05, 0.1) is 6.61 Å². The van der Waals surface area contributed by atoms with Gasteiger partial charge in [0, 0.05) is 19.1 Å². The molecule has 0 atom stereocenters. The SMILES string of the molecule is COCCNS(=O)(=O)/C=C/c1ccccc1. The van der Waals surface area contributed by atoms with Crippen molar-refractivity contribution in [3.63, 3.8) is 0 Å². The lowest BCUT2D eigenvalue weighted by Gasteiger charge is -2.01. The third kappa shape index (κ3) is 5.06. The van der Waals surface area contributed by atoms with Crippen molar-refractivity contribution >= 4 is 16.1 Å². The number of hydrogen-bond donors (Lipinski definition) is 1. The average Bonchev–Trinajstić information content (AvgIpc) is 2.28. The maximum atomic E-state index is 11.4. The Hall–Kier alpha value is -1.17. The monoisotopic (exact) mass is 241 g/mol. The van der Waals surface area contributed by atoms with Gasteiger partial charge in [-0.2, -0.15) is 0 Å². The van der Waals surface area contributed by atoms with Gasteiger partial charge >= 0.3 is 0 Å². The number of hydrogen-bond acceptors (Lipinski definition) is 3. The molecule has 0 unspecified atom stereocenters. The first-order valence-electron chi connectivity index (χ1n) is 4.86. The zero-order valence-electron chi connectivity index (χ0n) is 9.09. The van der Waals surface area contributed by atoms with Crippen LogP contribution in [0, 0.1) is 0 Å². The van der Waals surface area contributed by atoms with E-state index in [1.165, 1.54) is 7.11 Å². The van der Waals surface area contributed by atoms with E-state index < -0.39 is 10.0 Å². The second-order valence-electron chi connectivity index (χ2n) is 3.15. The highest BCUT2D eigenvalue weighted by Gasteiger charge is 2.02. The van der Waals surface area contributed by atoms with E-state index in [0.29, 0.717) is 6.61 Å². The summed E-state index contributed by atoms with van der Waals surface area (Å²) in [6.07, 6.45) is 1.55.